The summed E-state index contributed by atoms with van der Waals surface area (Å²) in [5, 5.41) is 4.88. The normalized spacial score (nSPS) is 17.3. The number of hydrogen-bond acceptors (Lipinski definition) is 3. The summed E-state index contributed by atoms with van der Waals surface area (Å²) in [4.78, 5) is 29.5. The van der Waals surface area contributed by atoms with Gasteiger partial charge in [0, 0.05) is 23.6 Å². The summed E-state index contributed by atoms with van der Waals surface area (Å²) >= 11 is 12.2. The number of H-pyrrole nitrogens is 1. The van der Waals surface area contributed by atoms with Gasteiger partial charge in [0.2, 0.25) is 5.91 Å². The minimum Gasteiger partial charge on any atom is -0.361 e. The van der Waals surface area contributed by atoms with Gasteiger partial charge in [0.25, 0.3) is 5.91 Å². The molecule has 0 saturated carbocycles. The molecule has 0 radical (unpaired) electrons. The molecule has 1 aliphatic heterocycles. The molecule has 5 nitrogen and oxygen atoms in total. The van der Waals surface area contributed by atoms with Crippen LogP contribution in [-0.2, 0) is 16.0 Å². The summed E-state index contributed by atoms with van der Waals surface area (Å²) in [6.07, 6.45) is 2.83. The number of aromatic amines is 1. The van der Waals surface area contributed by atoms with Crippen molar-refractivity contribution in [1.82, 2.24) is 10.3 Å². The Morgan fingerprint density at radius 2 is 1.93 bits per heavy atom. The van der Waals surface area contributed by atoms with E-state index in [2.05, 4.69) is 16.4 Å². The highest BCUT2D eigenvalue weighted by molar-refractivity contribution is 6.44. The topological polar surface area (TPSA) is 65.2 Å². The minimum absolute atomic E-state index is 0.107. The molecule has 2 N–H and O–H groups in total. The first-order valence-electron chi connectivity index (χ1n) is 8.65. The third-order valence-electron chi connectivity index (χ3n) is 4.78. The standard InChI is InChI=1S/C20H17Cl2N3O2/c21-14-5-3-7-17(19(14)22)25-18(26)10-16(20(25)27)23-9-8-12-11-24-15-6-2-1-4-13(12)15/h1-7,11,16,23-24H,8-10H2/t16-/m1/s1. The summed E-state index contributed by atoms with van der Waals surface area (Å²) in [5.41, 5.74) is 2.59. The van der Waals surface area contributed by atoms with Gasteiger partial charge in [-0.15, -0.1) is 0 Å². The minimum atomic E-state index is -0.558. The SMILES string of the molecule is O=C1C[C@@H](NCCc2c[nH]c3ccccc23)C(=O)N1c1cccc(Cl)c1Cl. The Kier molecular flexibility index (Phi) is 4.91. The number of amides is 2. The van der Waals surface area contributed by atoms with E-state index in [1.807, 2.05) is 24.4 Å². The molecule has 4 rings (SSSR count). The number of benzene rings is 2. The number of carbonyl (C=O) groups is 2. The first kappa shape index (κ1) is 18.0. The van der Waals surface area contributed by atoms with Gasteiger partial charge in [-0.25, -0.2) is 4.90 Å². The summed E-state index contributed by atoms with van der Waals surface area (Å²) in [6, 6.07) is 12.4. The zero-order chi connectivity index (χ0) is 19.0. The van der Waals surface area contributed by atoms with Gasteiger partial charge in [0.1, 0.15) is 0 Å². The van der Waals surface area contributed by atoms with Crippen LogP contribution in [0.5, 0.6) is 0 Å². The number of anilines is 1. The summed E-state index contributed by atoms with van der Waals surface area (Å²) in [7, 11) is 0. The molecule has 1 aliphatic rings. The van der Waals surface area contributed by atoms with Crippen molar-refractivity contribution in [2.75, 3.05) is 11.4 Å². The maximum Gasteiger partial charge on any atom is 0.251 e. The molecule has 1 aromatic heterocycles. The number of imide groups is 1. The van der Waals surface area contributed by atoms with Crippen LogP contribution in [0.3, 0.4) is 0 Å². The van der Waals surface area contributed by atoms with E-state index >= 15 is 0 Å². The van der Waals surface area contributed by atoms with Crippen LogP contribution in [0, 0.1) is 0 Å². The van der Waals surface area contributed by atoms with Crippen LogP contribution in [-0.4, -0.2) is 29.4 Å². The molecule has 3 aromatic rings. The summed E-state index contributed by atoms with van der Waals surface area (Å²) < 4.78 is 0. The monoisotopic (exact) mass is 401 g/mol. The number of aromatic nitrogens is 1. The van der Waals surface area contributed by atoms with E-state index < -0.39 is 6.04 Å². The molecule has 138 valence electrons. The van der Waals surface area contributed by atoms with E-state index in [-0.39, 0.29) is 23.3 Å². The Balaban J connectivity index is 1.44. The molecule has 0 bridgehead atoms. The molecule has 1 atom stereocenters. The van der Waals surface area contributed by atoms with Crippen LogP contribution in [0.4, 0.5) is 5.69 Å². The lowest BCUT2D eigenvalue weighted by Crippen LogP contribution is -2.39. The van der Waals surface area contributed by atoms with Crippen molar-refractivity contribution >= 4 is 51.6 Å². The van der Waals surface area contributed by atoms with Crippen molar-refractivity contribution in [1.29, 1.82) is 0 Å². The van der Waals surface area contributed by atoms with E-state index in [0.717, 1.165) is 16.8 Å². The van der Waals surface area contributed by atoms with Gasteiger partial charge in [0.15, 0.2) is 0 Å². The fraction of sp³-hybridized carbons (Fsp3) is 0.200. The average Bonchev–Trinajstić information content (AvgIpc) is 3.19. The van der Waals surface area contributed by atoms with E-state index in [1.165, 1.54) is 10.9 Å². The average molecular weight is 402 g/mol. The van der Waals surface area contributed by atoms with Crippen molar-refractivity contribution < 1.29 is 9.59 Å². The second kappa shape index (κ2) is 7.35. The Hall–Kier alpha value is -2.34. The number of fused-ring (bicyclic) bond motifs is 1. The molecule has 1 fully saturated rings. The largest absolute Gasteiger partial charge is 0.361 e. The molecular formula is C20H17Cl2N3O2. The van der Waals surface area contributed by atoms with E-state index in [0.29, 0.717) is 17.3 Å². The number of rotatable bonds is 5. The van der Waals surface area contributed by atoms with Gasteiger partial charge in [-0.2, -0.15) is 0 Å². The van der Waals surface area contributed by atoms with Gasteiger partial charge in [-0.3, -0.25) is 9.59 Å². The maximum atomic E-state index is 12.7. The van der Waals surface area contributed by atoms with Crippen LogP contribution in [0.15, 0.2) is 48.7 Å². The highest BCUT2D eigenvalue weighted by Gasteiger charge is 2.40. The molecule has 27 heavy (non-hydrogen) atoms. The molecule has 1 saturated heterocycles. The van der Waals surface area contributed by atoms with Crippen molar-refractivity contribution in [3.05, 3.63) is 64.3 Å². The number of halogens is 2. The summed E-state index contributed by atoms with van der Waals surface area (Å²) in [5.74, 6) is -0.586. The van der Waals surface area contributed by atoms with Gasteiger partial charge in [0.05, 0.1) is 28.2 Å². The summed E-state index contributed by atoms with van der Waals surface area (Å²) in [6.45, 7) is 0.586. The van der Waals surface area contributed by atoms with Crippen LogP contribution in [0.1, 0.15) is 12.0 Å². The Labute approximate surface area is 166 Å². The van der Waals surface area contributed by atoms with Crippen LogP contribution in [0.25, 0.3) is 10.9 Å². The van der Waals surface area contributed by atoms with Gasteiger partial charge in [-0.1, -0.05) is 47.5 Å². The Morgan fingerprint density at radius 1 is 1.11 bits per heavy atom. The van der Waals surface area contributed by atoms with E-state index in [4.69, 9.17) is 23.2 Å². The van der Waals surface area contributed by atoms with Crippen LogP contribution in [0.2, 0.25) is 10.0 Å². The lowest BCUT2D eigenvalue weighted by atomic mass is 10.1. The molecule has 7 heteroatoms. The number of para-hydroxylation sites is 1. The number of nitrogens with one attached hydrogen (secondary N) is 2. The maximum absolute atomic E-state index is 12.7. The lowest BCUT2D eigenvalue weighted by Gasteiger charge is -2.17. The Morgan fingerprint density at radius 3 is 2.78 bits per heavy atom. The molecule has 2 amide bonds. The predicted octanol–water partition coefficient (Wildman–Crippen LogP) is 3.94. The number of carbonyl (C=O) groups excluding carboxylic acids is 2. The Bertz CT molecular complexity index is 1030. The zero-order valence-corrected chi connectivity index (χ0v) is 15.8. The first-order valence-corrected chi connectivity index (χ1v) is 9.41. The van der Waals surface area contributed by atoms with Crippen molar-refractivity contribution in [2.45, 2.75) is 18.9 Å². The highest BCUT2D eigenvalue weighted by atomic mass is 35.5. The molecule has 0 unspecified atom stereocenters. The number of hydrogen-bond donors (Lipinski definition) is 2. The van der Waals surface area contributed by atoms with E-state index in [9.17, 15) is 9.59 Å². The fourth-order valence-electron chi connectivity index (χ4n) is 3.43. The molecule has 0 aliphatic carbocycles. The second-order valence-electron chi connectivity index (χ2n) is 6.46. The van der Waals surface area contributed by atoms with Crippen LogP contribution < -0.4 is 10.2 Å². The van der Waals surface area contributed by atoms with Gasteiger partial charge < -0.3 is 10.3 Å². The smallest absolute Gasteiger partial charge is 0.251 e. The lowest BCUT2D eigenvalue weighted by molar-refractivity contribution is -0.121. The van der Waals surface area contributed by atoms with Crippen molar-refractivity contribution in [3.8, 4) is 0 Å². The molecule has 2 heterocycles. The number of nitrogens with zero attached hydrogens (tertiary/aromatic N) is 1. The van der Waals surface area contributed by atoms with Crippen molar-refractivity contribution in [3.63, 3.8) is 0 Å². The zero-order valence-electron chi connectivity index (χ0n) is 14.3. The van der Waals surface area contributed by atoms with Gasteiger partial charge in [-0.05, 0) is 30.2 Å². The fourth-order valence-corrected chi connectivity index (χ4v) is 3.81. The quantitative estimate of drug-likeness (QED) is 0.636. The van der Waals surface area contributed by atoms with Crippen molar-refractivity contribution in [2.24, 2.45) is 0 Å². The van der Waals surface area contributed by atoms with Gasteiger partial charge >= 0.3 is 0 Å². The van der Waals surface area contributed by atoms with Crippen LogP contribution >= 0.6 is 23.2 Å². The predicted molar refractivity (Wildman–Crippen MR) is 107 cm³/mol. The molecule has 0 spiro atoms. The third kappa shape index (κ3) is 3.34. The first-order chi connectivity index (χ1) is 13.1. The third-order valence-corrected chi connectivity index (χ3v) is 5.59. The second-order valence-corrected chi connectivity index (χ2v) is 7.25. The molecular weight excluding hydrogens is 385 g/mol. The highest BCUT2D eigenvalue weighted by Crippen LogP contribution is 2.35. The molecule has 2 aromatic carbocycles. The van der Waals surface area contributed by atoms with E-state index in [1.54, 1.807) is 18.2 Å².